The zero-order valence-electron chi connectivity index (χ0n) is 21.0. The fraction of sp³-hybridized carbons (Fsp3) is 0.500. The molecule has 1 fully saturated rings. The number of anilines is 1. The summed E-state index contributed by atoms with van der Waals surface area (Å²) in [5, 5.41) is 0. The molecule has 0 saturated carbocycles. The molecular weight excluding hydrogens is 443 g/mol. The molecule has 7 heteroatoms. The first-order valence-electron chi connectivity index (χ1n) is 12.9. The molecule has 1 aromatic heterocycles. The van der Waals surface area contributed by atoms with Crippen molar-refractivity contribution in [3.05, 3.63) is 64.3 Å². The molecule has 2 heterocycles. The number of hydrogen-bond donors (Lipinski definition) is 0. The molecule has 0 spiro atoms. The van der Waals surface area contributed by atoms with Crippen molar-refractivity contribution < 1.29 is 9.18 Å². The summed E-state index contributed by atoms with van der Waals surface area (Å²) in [4.78, 5) is 29.9. The number of hydrogen-bond acceptors (Lipinski definition) is 4. The molecule has 1 saturated heterocycles. The fourth-order valence-electron chi connectivity index (χ4n) is 4.98. The third-order valence-electron chi connectivity index (χ3n) is 7.08. The Morgan fingerprint density at radius 1 is 0.829 bits per heavy atom. The first kappa shape index (κ1) is 25.2. The molecule has 0 atom stereocenters. The Kier molecular flexibility index (Phi) is 8.39. The minimum atomic E-state index is -0.199. The van der Waals surface area contributed by atoms with Gasteiger partial charge in [0.05, 0.1) is 11.0 Å². The number of Topliss-reactive ketones (excluding diaryl/α,β-unsaturated/α-hetero) is 1. The molecule has 188 valence electrons. The summed E-state index contributed by atoms with van der Waals surface area (Å²) in [6, 6.07) is 12.4. The Morgan fingerprint density at radius 2 is 1.46 bits per heavy atom. The van der Waals surface area contributed by atoms with Crippen molar-refractivity contribution in [3.63, 3.8) is 0 Å². The van der Waals surface area contributed by atoms with Gasteiger partial charge in [0, 0.05) is 50.5 Å². The Bertz CT molecular complexity index is 1190. The van der Waals surface area contributed by atoms with Gasteiger partial charge < -0.3 is 4.90 Å². The van der Waals surface area contributed by atoms with Gasteiger partial charge in [0.1, 0.15) is 5.82 Å². The van der Waals surface area contributed by atoms with Gasteiger partial charge in [-0.05, 0) is 75.2 Å². The highest BCUT2D eigenvalue weighted by molar-refractivity contribution is 5.97. The number of halogens is 1. The van der Waals surface area contributed by atoms with Crippen LogP contribution in [0.2, 0.25) is 0 Å². The molecule has 3 aromatic rings. The largest absolute Gasteiger partial charge is 0.369 e. The maximum Gasteiger partial charge on any atom is 0.329 e. The normalized spacial score (nSPS) is 14.7. The summed E-state index contributed by atoms with van der Waals surface area (Å²) >= 11 is 0. The Labute approximate surface area is 206 Å². The van der Waals surface area contributed by atoms with E-state index < -0.39 is 0 Å². The van der Waals surface area contributed by atoms with E-state index >= 15 is 0 Å². The van der Waals surface area contributed by atoms with E-state index in [1.807, 2.05) is 39.5 Å². The zero-order valence-corrected chi connectivity index (χ0v) is 21.0. The van der Waals surface area contributed by atoms with Gasteiger partial charge in [0.15, 0.2) is 5.78 Å². The molecule has 0 radical (unpaired) electrons. The Morgan fingerprint density at radius 3 is 2.11 bits per heavy atom. The van der Waals surface area contributed by atoms with Crippen molar-refractivity contribution in [3.8, 4) is 0 Å². The van der Waals surface area contributed by atoms with Crippen LogP contribution < -0.4 is 10.6 Å². The first-order valence-corrected chi connectivity index (χ1v) is 12.9. The maximum atomic E-state index is 13.3. The van der Waals surface area contributed by atoms with Crippen molar-refractivity contribution in [1.82, 2.24) is 14.0 Å². The van der Waals surface area contributed by atoms with E-state index in [2.05, 4.69) is 16.7 Å². The molecule has 1 aliphatic rings. The van der Waals surface area contributed by atoms with Crippen LogP contribution in [0.25, 0.3) is 11.0 Å². The Hall–Kier alpha value is -2.93. The van der Waals surface area contributed by atoms with E-state index in [0.717, 1.165) is 81.5 Å². The standard InChI is InChI=1S/C28H37FN4O2/c1-3-4-5-15-33-27-21-23(22(2)34)8-13-26(27)32(28(33)35)16-7-6-14-30-17-19-31(20-18-30)25-11-9-24(29)10-12-25/h8-13,21H,3-7,14-20H2,1-2H3. The van der Waals surface area contributed by atoms with Gasteiger partial charge in [0.2, 0.25) is 0 Å². The number of unbranched alkanes of at least 4 members (excludes halogenated alkanes) is 3. The molecule has 1 aliphatic heterocycles. The number of imidazole rings is 1. The van der Waals surface area contributed by atoms with E-state index in [-0.39, 0.29) is 17.3 Å². The lowest BCUT2D eigenvalue weighted by Crippen LogP contribution is -2.46. The molecule has 0 amide bonds. The minimum Gasteiger partial charge on any atom is -0.369 e. The van der Waals surface area contributed by atoms with Crippen molar-refractivity contribution in [2.75, 3.05) is 37.6 Å². The number of fused-ring (bicyclic) bond motifs is 1. The lowest BCUT2D eigenvalue weighted by atomic mass is 10.1. The van der Waals surface area contributed by atoms with E-state index in [1.165, 1.54) is 12.1 Å². The van der Waals surface area contributed by atoms with Crippen LogP contribution in [0, 0.1) is 5.82 Å². The van der Waals surface area contributed by atoms with Gasteiger partial charge in [-0.1, -0.05) is 19.8 Å². The third kappa shape index (κ3) is 6.01. The third-order valence-corrected chi connectivity index (χ3v) is 7.08. The lowest BCUT2D eigenvalue weighted by Gasteiger charge is -2.36. The summed E-state index contributed by atoms with van der Waals surface area (Å²) < 4.78 is 16.9. The Balaban J connectivity index is 1.34. The van der Waals surface area contributed by atoms with Crippen LogP contribution in [0.15, 0.2) is 47.3 Å². The van der Waals surface area contributed by atoms with Gasteiger partial charge in [-0.15, -0.1) is 0 Å². The van der Waals surface area contributed by atoms with Gasteiger partial charge in [-0.3, -0.25) is 18.8 Å². The fourth-order valence-corrected chi connectivity index (χ4v) is 4.98. The predicted octanol–water partition coefficient (Wildman–Crippen LogP) is 4.94. The molecular formula is C28H37FN4O2. The van der Waals surface area contributed by atoms with Crippen molar-refractivity contribution in [2.24, 2.45) is 0 Å². The second-order valence-electron chi connectivity index (χ2n) is 9.56. The number of benzene rings is 2. The van der Waals surface area contributed by atoms with Crippen LogP contribution in [0.5, 0.6) is 0 Å². The molecule has 0 N–H and O–H groups in total. The highest BCUT2D eigenvalue weighted by Crippen LogP contribution is 2.19. The summed E-state index contributed by atoms with van der Waals surface area (Å²) in [7, 11) is 0. The highest BCUT2D eigenvalue weighted by atomic mass is 19.1. The van der Waals surface area contributed by atoms with Gasteiger partial charge in [-0.2, -0.15) is 0 Å². The van der Waals surface area contributed by atoms with Crippen LogP contribution in [-0.4, -0.2) is 52.5 Å². The summed E-state index contributed by atoms with van der Waals surface area (Å²) in [6.07, 6.45) is 5.10. The van der Waals surface area contributed by atoms with E-state index in [0.29, 0.717) is 18.7 Å². The maximum absolute atomic E-state index is 13.3. The molecule has 35 heavy (non-hydrogen) atoms. The number of aromatic nitrogens is 2. The number of aryl methyl sites for hydroxylation is 2. The summed E-state index contributed by atoms with van der Waals surface area (Å²) in [5.41, 5.74) is 3.55. The van der Waals surface area contributed by atoms with Gasteiger partial charge in [-0.25, -0.2) is 9.18 Å². The molecule has 0 bridgehead atoms. The van der Waals surface area contributed by atoms with Gasteiger partial charge in [0.25, 0.3) is 0 Å². The van der Waals surface area contributed by atoms with Gasteiger partial charge >= 0.3 is 5.69 Å². The first-order chi connectivity index (χ1) is 17.0. The second kappa shape index (κ2) is 11.7. The zero-order chi connectivity index (χ0) is 24.8. The van der Waals surface area contributed by atoms with Crippen molar-refractivity contribution in [2.45, 2.75) is 59.0 Å². The molecule has 4 rings (SSSR count). The number of carbonyl (C=O) groups excluding carboxylic acids is 1. The quantitative estimate of drug-likeness (QED) is 0.288. The van der Waals surface area contributed by atoms with Crippen LogP contribution in [0.4, 0.5) is 10.1 Å². The van der Waals surface area contributed by atoms with Crippen molar-refractivity contribution >= 4 is 22.5 Å². The van der Waals surface area contributed by atoms with E-state index in [4.69, 9.17) is 0 Å². The average molecular weight is 481 g/mol. The number of ketones is 1. The summed E-state index contributed by atoms with van der Waals surface area (Å²) in [5.74, 6) is -0.179. The summed E-state index contributed by atoms with van der Waals surface area (Å²) in [6.45, 7) is 9.96. The molecule has 6 nitrogen and oxygen atoms in total. The number of piperazine rings is 1. The molecule has 2 aromatic carbocycles. The van der Waals surface area contributed by atoms with Crippen molar-refractivity contribution in [1.29, 1.82) is 0 Å². The SMILES string of the molecule is CCCCCn1c(=O)n(CCCCN2CCN(c3ccc(F)cc3)CC2)c2ccc(C(C)=O)cc21. The van der Waals surface area contributed by atoms with E-state index in [1.54, 1.807) is 6.92 Å². The molecule has 0 aliphatic carbocycles. The van der Waals surface area contributed by atoms with Crippen LogP contribution >= 0.6 is 0 Å². The topological polar surface area (TPSA) is 50.5 Å². The predicted molar refractivity (Wildman–Crippen MR) is 140 cm³/mol. The van der Waals surface area contributed by atoms with Crippen LogP contribution in [0.3, 0.4) is 0 Å². The highest BCUT2D eigenvalue weighted by Gasteiger charge is 2.18. The molecule has 0 unspecified atom stereocenters. The average Bonchev–Trinajstić information content (AvgIpc) is 3.13. The number of nitrogens with zero attached hydrogens (tertiary/aromatic N) is 4. The second-order valence-corrected chi connectivity index (χ2v) is 9.56. The smallest absolute Gasteiger partial charge is 0.329 e. The van der Waals surface area contributed by atoms with Crippen LogP contribution in [0.1, 0.15) is 56.3 Å². The number of carbonyl (C=O) groups is 1. The van der Waals surface area contributed by atoms with Crippen LogP contribution in [-0.2, 0) is 13.1 Å². The lowest BCUT2D eigenvalue weighted by molar-refractivity contribution is 0.101. The number of rotatable bonds is 11. The van der Waals surface area contributed by atoms with E-state index in [9.17, 15) is 14.0 Å². The monoisotopic (exact) mass is 480 g/mol. The minimum absolute atomic E-state index is 0.0201.